The average molecular weight is 389 g/mol. The van der Waals surface area contributed by atoms with E-state index in [1.54, 1.807) is 13.3 Å². The van der Waals surface area contributed by atoms with E-state index in [1.807, 2.05) is 43.3 Å². The molecule has 2 aromatic rings. The zero-order chi connectivity index (χ0) is 17.4. The average Bonchev–Trinajstić information content (AvgIpc) is 2.57. The van der Waals surface area contributed by atoms with Gasteiger partial charge in [0.15, 0.2) is 0 Å². The number of nitrogens with zero attached hydrogens (tertiary/aromatic N) is 1. The predicted molar refractivity (Wildman–Crippen MR) is 101 cm³/mol. The molecule has 0 aliphatic carbocycles. The molecule has 0 unspecified atom stereocenters. The van der Waals surface area contributed by atoms with Crippen molar-refractivity contribution >= 4 is 28.1 Å². The molecule has 0 fully saturated rings. The second-order valence-corrected chi connectivity index (χ2v) is 6.42. The number of carbonyl (C=O) groups is 1. The van der Waals surface area contributed by atoms with Gasteiger partial charge in [-0.15, -0.1) is 0 Å². The SMILES string of the molecule is COc1ccc(CCCC(=O)N/N=C\c2ccc(Br)cc2)cc1C. The first kappa shape index (κ1) is 18.2. The summed E-state index contributed by atoms with van der Waals surface area (Å²) in [4.78, 5) is 11.8. The Labute approximate surface area is 151 Å². The van der Waals surface area contributed by atoms with E-state index in [1.165, 1.54) is 5.56 Å². The fourth-order valence-corrected chi connectivity index (χ4v) is 2.60. The van der Waals surface area contributed by atoms with Crippen LogP contribution in [0.25, 0.3) is 0 Å². The summed E-state index contributed by atoms with van der Waals surface area (Å²) in [6.45, 7) is 2.02. The van der Waals surface area contributed by atoms with E-state index in [9.17, 15) is 4.79 Å². The lowest BCUT2D eigenvalue weighted by Gasteiger charge is -2.07. The van der Waals surface area contributed by atoms with Gasteiger partial charge in [0.2, 0.25) is 5.91 Å². The third-order valence-corrected chi connectivity index (χ3v) is 4.13. The maximum Gasteiger partial charge on any atom is 0.240 e. The number of benzene rings is 2. The minimum absolute atomic E-state index is 0.0754. The molecule has 0 radical (unpaired) electrons. The molecule has 1 N–H and O–H groups in total. The van der Waals surface area contributed by atoms with Crippen LogP contribution in [0, 0.1) is 6.92 Å². The molecule has 126 valence electrons. The number of methoxy groups -OCH3 is 1. The van der Waals surface area contributed by atoms with Crippen molar-refractivity contribution < 1.29 is 9.53 Å². The number of hydrogen-bond donors (Lipinski definition) is 1. The van der Waals surface area contributed by atoms with Crippen molar-refractivity contribution in [3.63, 3.8) is 0 Å². The van der Waals surface area contributed by atoms with Gasteiger partial charge in [-0.25, -0.2) is 5.43 Å². The zero-order valence-corrected chi connectivity index (χ0v) is 15.5. The first-order chi connectivity index (χ1) is 11.6. The van der Waals surface area contributed by atoms with Crippen LogP contribution < -0.4 is 10.2 Å². The van der Waals surface area contributed by atoms with Crippen LogP contribution >= 0.6 is 15.9 Å². The van der Waals surface area contributed by atoms with E-state index in [4.69, 9.17) is 4.74 Å². The molecule has 0 aromatic heterocycles. The maximum absolute atomic E-state index is 11.8. The van der Waals surface area contributed by atoms with Crippen molar-refractivity contribution in [1.29, 1.82) is 0 Å². The van der Waals surface area contributed by atoms with Gasteiger partial charge in [0.1, 0.15) is 5.75 Å². The maximum atomic E-state index is 11.8. The van der Waals surface area contributed by atoms with Crippen molar-refractivity contribution in [2.24, 2.45) is 5.10 Å². The van der Waals surface area contributed by atoms with Crippen LogP contribution in [0.5, 0.6) is 5.75 Å². The minimum Gasteiger partial charge on any atom is -0.496 e. The summed E-state index contributed by atoms with van der Waals surface area (Å²) in [7, 11) is 1.67. The van der Waals surface area contributed by atoms with Crippen molar-refractivity contribution in [3.8, 4) is 5.75 Å². The largest absolute Gasteiger partial charge is 0.496 e. The van der Waals surface area contributed by atoms with Crippen LogP contribution in [-0.4, -0.2) is 19.2 Å². The predicted octanol–water partition coefficient (Wildman–Crippen LogP) is 4.24. The van der Waals surface area contributed by atoms with Gasteiger partial charge in [0.05, 0.1) is 13.3 Å². The number of rotatable bonds is 7. The van der Waals surface area contributed by atoms with Crippen molar-refractivity contribution in [2.75, 3.05) is 7.11 Å². The fourth-order valence-electron chi connectivity index (χ4n) is 2.33. The number of halogens is 1. The molecule has 0 bridgehead atoms. The van der Waals surface area contributed by atoms with Crippen molar-refractivity contribution in [3.05, 3.63) is 63.6 Å². The molecule has 2 aromatic carbocycles. The van der Waals surface area contributed by atoms with Gasteiger partial charge < -0.3 is 4.74 Å². The topological polar surface area (TPSA) is 50.7 Å². The summed E-state index contributed by atoms with van der Waals surface area (Å²) in [5.41, 5.74) is 5.82. The van der Waals surface area contributed by atoms with E-state index in [0.29, 0.717) is 6.42 Å². The molecule has 2 rings (SSSR count). The molecule has 0 atom stereocenters. The van der Waals surface area contributed by atoms with Crippen LogP contribution in [-0.2, 0) is 11.2 Å². The Bertz CT molecular complexity index is 712. The number of hydrazone groups is 1. The summed E-state index contributed by atoms with van der Waals surface area (Å²) < 4.78 is 6.26. The number of hydrogen-bond acceptors (Lipinski definition) is 3. The molecule has 24 heavy (non-hydrogen) atoms. The van der Waals surface area contributed by atoms with Gasteiger partial charge in [-0.1, -0.05) is 40.2 Å². The van der Waals surface area contributed by atoms with Gasteiger partial charge in [-0.2, -0.15) is 5.10 Å². The van der Waals surface area contributed by atoms with Gasteiger partial charge in [0, 0.05) is 10.9 Å². The third-order valence-electron chi connectivity index (χ3n) is 3.60. The van der Waals surface area contributed by atoms with Crippen molar-refractivity contribution in [2.45, 2.75) is 26.2 Å². The van der Waals surface area contributed by atoms with Crippen LogP contribution in [0.15, 0.2) is 52.0 Å². The third kappa shape index (κ3) is 5.81. The molecular weight excluding hydrogens is 368 g/mol. The van der Waals surface area contributed by atoms with Crippen LogP contribution in [0.3, 0.4) is 0 Å². The molecule has 1 amide bonds. The van der Waals surface area contributed by atoms with Crippen molar-refractivity contribution in [1.82, 2.24) is 5.43 Å². The smallest absolute Gasteiger partial charge is 0.240 e. The zero-order valence-electron chi connectivity index (χ0n) is 13.9. The summed E-state index contributed by atoms with van der Waals surface area (Å²) in [5, 5.41) is 3.98. The van der Waals surface area contributed by atoms with E-state index in [0.717, 1.165) is 34.2 Å². The highest BCUT2D eigenvalue weighted by Crippen LogP contribution is 2.19. The number of carbonyl (C=O) groups excluding carboxylic acids is 1. The highest BCUT2D eigenvalue weighted by atomic mass is 79.9. The molecule has 0 spiro atoms. The van der Waals surface area contributed by atoms with Crippen LogP contribution in [0.4, 0.5) is 0 Å². The minimum atomic E-state index is -0.0754. The second-order valence-electron chi connectivity index (χ2n) is 5.50. The Morgan fingerprint density at radius 2 is 2.00 bits per heavy atom. The summed E-state index contributed by atoms with van der Waals surface area (Å²) >= 11 is 3.38. The molecule has 0 aliphatic heterocycles. The molecule has 4 nitrogen and oxygen atoms in total. The van der Waals surface area contributed by atoms with Gasteiger partial charge >= 0.3 is 0 Å². The standard InChI is InChI=1S/C19H21BrN2O2/c1-14-12-15(8-11-18(14)24-2)4-3-5-19(23)22-21-13-16-6-9-17(20)10-7-16/h6-13H,3-5H2,1-2H3,(H,22,23)/b21-13-. The fraction of sp³-hybridized carbons (Fsp3) is 0.263. The Kier molecular flexibility index (Phi) is 7.00. The highest BCUT2D eigenvalue weighted by Gasteiger charge is 2.03. The van der Waals surface area contributed by atoms with E-state index >= 15 is 0 Å². The monoisotopic (exact) mass is 388 g/mol. The Morgan fingerprint density at radius 3 is 2.67 bits per heavy atom. The first-order valence-electron chi connectivity index (χ1n) is 7.79. The lowest BCUT2D eigenvalue weighted by atomic mass is 10.1. The van der Waals surface area contributed by atoms with Gasteiger partial charge in [-0.05, 0) is 54.7 Å². The van der Waals surface area contributed by atoms with E-state index in [2.05, 4.69) is 32.5 Å². The number of ether oxygens (including phenoxy) is 1. The molecule has 0 aliphatic rings. The Morgan fingerprint density at radius 1 is 1.25 bits per heavy atom. The summed E-state index contributed by atoms with van der Waals surface area (Å²) in [6, 6.07) is 13.8. The normalized spacial score (nSPS) is 10.8. The lowest BCUT2D eigenvalue weighted by molar-refractivity contribution is -0.121. The molecular formula is C19H21BrN2O2. The van der Waals surface area contributed by atoms with Gasteiger partial charge in [0.25, 0.3) is 0 Å². The van der Waals surface area contributed by atoms with E-state index < -0.39 is 0 Å². The summed E-state index contributed by atoms with van der Waals surface area (Å²) in [5.74, 6) is 0.812. The van der Waals surface area contributed by atoms with Crippen LogP contribution in [0.2, 0.25) is 0 Å². The molecule has 5 heteroatoms. The first-order valence-corrected chi connectivity index (χ1v) is 8.59. The number of aryl methyl sites for hydroxylation is 2. The second kappa shape index (κ2) is 9.23. The molecule has 0 heterocycles. The Hall–Kier alpha value is -2.14. The number of amides is 1. The number of nitrogens with one attached hydrogen (secondary N) is 1. The van der Waals surface area contributed by atoms with Gasteiger partial charge in [-0.3, -0.25) is 4.79 Å². The van der Waals surface area contributed by atoms with Crippen LogP contribution in [0.1, 0.15) is 29.5 Å². The molecule has 0 saturated heterocycles. The highest BCUT2D eigenvalue weighted by molar-refractivity contribution is 9.10. The van der Waals surface area contributed by atoms with E-state index in [-0.39, 0.29) is 5.91 Å². The molecule has 0 saturated carbocycles. The Balaban J connectivity index is 1.73. The summed E-state index contributed by atoms with van der Waals surface area (Å²) in [6.07, 6.45) is 3.72. The lowest BCUT2D eigenvalue weighted by Crippen LogP contribution is -2.17. The quantitative estimate of drug-likeness (QED) is 0.569.